The summed E-state index contributed by atoms with van der Waals surface area (Å²) >= 11 is 1.45. The number of hydrogen-bond donors (Lipinski definition) is 2. The Bertz CT molecular complexity index is 745. The molecule has 0 bridgehead atoms. The second-order valence-corrected chi connectivity index (χ2v) is 6.89. The minimum atomic E-state index is -0.488. The lowest BCUT2D eigenvalue weighted by Gasteiger charge is -2.18. The van der Waals surface area contributed by atoms with Crippen molar-refractivity contribution in [2.45, 2.75) is 33.1 Å². The topological polar surface area (TPSA) is 85.3 Å². The van der Waals surface area contributed by atoms with E-state index in [1.165, 1.54) is 11.3 Å². The Morgan fingerprint density at radius 2 is 2.18 bits per heavy atom. The van der Waals surface area contributed by atoms with Gasteiger partial charge in [0, 0.05) is 4.88 Å². The molecule has 0 saturated heterocycles. The summed E-state index contributed by atoms with van der Waals surface area (Å²) in [7, 11) is 0. The van der Waals surface area contributed by atoms with Crippen LogP contribution in [0, 0.1) is 12.8 Å². The summed E-state index contributed by atoms with van der Waals surface area (Å²) < 4.78 is 5.31. The number of nitrogens with two attached hydrogens (primary N) is 1. The van der Waals surface area contributed by atoms with E-state index >= 15 is 0 Å². The van der Waals surface area contributed by atoms with E-state index in [-0.39, 0.29) is 11.7 Å². The normalized spacial score (nSPS) is 17.1. The molecule has 0 aromatic carbocycles. The zero-order chi connectivity index (χ0) is 15.9. The van der Waals surface area contributed by atoms with E-state index in [4.69, 9.17) is 10.2 Å². The molecular formula is C16H18N2O3S. The highest BCUT2D eigenvalue weighted by molar-refractivity contribution is 7.17. The van der Waals surface area contributed by atoms with Gasteiger partial charge in [0.2, 0.25) is 0 Å². The maximum atomic E-state index is 12.2. The molecule has 2 aromatic rings. The fraction of sp³-hybridized carbons (Fsp3) is 0.375. The van der Waals surface area contributed by atoms with Crippen LogP contribution in [-0.2, 0) is 12.8 Å². The van der Waals surface area contributed by atoms with Crippen molar-refractivity contribution in [3.8, 4) is 0 Å². The predicted octanol–water partition coefficient (Wildman–Crippen LogP) is 3.13. The van der Waals surface area contributed by atoms with E-state index in [2.05, 4.69) is 12.2 Å². The zero-order valence-electron chi connectivity index (χ0n) is 12.6. The minimum absolute atomic E-state index is 0.229. The van der Waals surface area contributed by atoms with Crippen molar-refractivity contribution in [3.05, 3.63) is 39.7 Å². The Hall–Kier alpha value is -2.08. The standard InChI is InChI=1S/C16H18N2O3S/c1-8-3-5-10-12(7-8)22-16(13(10)14(17)19)18-15(20)11-6-4-9(2)21-11/h4,6,8H,3,5,7H2,1-2H3,(H2,17,19)(H,18,20)/t8-/m1/s1. The third-order valence-corrected chi connectivity index (χ3v) is 5.12. The van der Waals surface area contributed by atoms with Crippen molar-refractivity contribution in [2.75, 3.05) is 5.32 Å². The molecule has 0 unspecified atom stereocenters. The van der Waals surface area contributed by atoms with Gasteiger partial charge in [0.15, 0.2) is 5.76 Å². The van der Waals surface area contributed by atoms with Gasteiger partial charge in [0.1, 0.15) is 10.8 Å². The second-order valence-electron chi connectivity index (χ2n) is 5.78. The molecule has 2 aromatic heterocycles. The van der Waals surface area contributed by atoms with Crippen LogP contribution >= 0.6 is 11.3 Å². The number of furan rings is 1. The first-order valence-electron chi connectivity index (χ1n) is 7.28. The number of carbonyl (C=O) groups excluding carboxylic acids is 2. The van der Waals surface area contributed by atoms with Crippen molar-refractivity contribution >= 4 is 28.2 Å². The molecule has 0 aliphatic heterocycles. The van der Waals surface area contributed by atoms with Gasteiger partial charge in [-0.1, -0.05) is 6.92 Å². The first-order chi connectivity index (χ1) is 10.5. The molecule has 2 heterocycles. The van der Waals surface area contributed by atoms with E-state index in [0.29, 0.717) is 22.2 Å². The molecule has 5 nitrogen and oxygen atoms in total. The van der Waals surface area contributed by atoms with Gasteiger partial charge in [-0.05, 0) is 49.8 Å². The van der Waals surface area contributed by atoms with Gasteiger partial charge in [-0.3, -0.25) is 9.59 Å². The minimum Gasteiger partial charge on any atom is -0.456 e. The van der Waals surface area contributed by atoms with E-state index in [1.54, 1.807) is 19.1 Å². The highest BCUT2D eigenvalue weighted by atomic mass is 32.1. The van der Waals surface area contributed by atoms with E-state index in [1.807, 2.05) is 0 Å². The van der Waals surface area contributed by atoms with Crippen LogP contribution in [0.15, 0.2) is 16.5 Å². The van der Waals surface area contributed by atoms with Crippen LogP contribution in [0.5, 0.6) is 0 Å². The van der Waals surface area contributed by atoms with Crippen molar-refractivity contribution in [2.24, 2.45) is 11.7 Å². The van der Waals surface area contributed by atoms with Crippen molar-refractivity contribution in [3.63, 3.8) is 0 Å². The number of fused-ring (bicyclic) bond motifs is 1. The molecule has 0 radical (unpaired) electrons. The Morgan fingerprint density at radius 1 is 1.41 bits per heavy atom. The maximum absolute atomic E-state index is 12.2. The molecule has 0 fully saturated rings. The van der Waals surface area contributed by atoms with Crippen LogP contribution in [0.1, 0.15) is 50.5 Å². The van der Waals surface area contributed by atoms with Gasteiger partial charge in [0.05, 0.1) is 5.56 Å². The van der Waals surface area contributed by atoms with Gasteiger partial charge in [-0.15, -0.1) is 11.3 Å². The number of anilines is 1. The van der Waals surface area contributed by atoms with Crippen molar-refractivity contribution in [1.29, 1.82) is 0 Å². The lowest BCUT2D eigenvalue weighted by molar-refractivity contribution is 0.0996. The molecule has 1 atom stereocenters. The fourth-order valence-corrected chi connectivity index (χ4v) is 4.23. The van der Waals surface area contributed by atoms with Gasteiger partial charge in [0.25, 0.3) is 11.8 Å². The monoisotopic (exact) mass is 318 g/mol. The number of thiophene rings is 1. The summed E-state index contributed by atoms with van der Waals surface area (Å²) in [5, 5.41) is 3.31. The first kappa shape index (κ1) is 14.8. The molecule has 1 aliphatic carbocycles. The summed E-state index contributed by atoms with van der Waals surface area (Å²) in [5.74, 6) is 0.635. The van der Waals surface area contributed by atoms with Crippen LogP contribution in [0.3, 0.4) is 0 Å². The summed E-state index contributed by atoms with van der Waals surface area (Å²) in [6, 6.07) is 3.34. The molecule has 2 amide bonds. The highest BCUT2D eigenvalue weighted by Gasteiger charge is 2.27. The number of nitrogens with one attached hydrogen (secondary N) is 1. The van der Waals surface area contributed by atoms with Crippen LogP contribution < -0.4 is 11.1 Å². The van der Waals surface area contributed by atoms with E-state index < -0.39 is 5.91 Å². The largest absolute Gasteiger partial charge is 0.456 e. The van der Waals surface area contributed by atoms with Gasteiger partial charge in [-0.25, -0.2) is 0 Å². The Balaban J connectivity index is 1.93. The number of amides is 2. The summed E-state index contributed by atoms with van der Waals surface area (Å²) in [6.45, 7) is 3.97. The Morgan fingerprint density at radius 3 is 2.82 bits per heavy atom. The third-order valence-electron chi connectivity index (χ3n) is 3.95. The predicted molar refractivity (Wildman–Crippen MR) is 85.4 cm³/mol. The molecule has 0 saturated carbocycles. The number of primary amides is 1. The quantitative estimate of drug-likeness (QED) is 0.911. The fourth-order valence-electron chi connectivity index (χ4n) is 2.82. The molecule has 22 heavy (non-hydrogen) atoms. The lowest BCUT2D eigenvalue weighted by atomic mass is 9.88. The number of aryl methyl sites for hydroxylation is 1. The molecule has 0 spiro atoms. The molecule has 1 aliphatic rings. The Kier molecular flexibility index (Phi) is 3.78. The molecule has 3 rings (SSSR count). The molecule has 3 N–H and O–H groups in total. The highest BCUT2D eigenvalue weighted by Crippen LogP contribution is 2.39. The smallest absolute Gasteiger partial charge is 0.291 e. The van der Waals surface area contributed by atoms with Crippen LogP contribution in [0.4, 0.5) is 5.00 Å². The third kappa shape index (κ3) is 2.66. The average molecular weight is 318 g/mol. The molecular weight excluding hydrogens is 300 g/mol. The van der Waals surface area contributed by atoms with Gasteiger partial charge < -0.3 is 15.5 Å². The maximum Gasteiger partial charge on any atom is 0.291 e. The van der Waals surface area contributed by atoms with E-state index in [0.717, 1.165) is 29.7 Å². The summed E-state index contributed by atoms with van der Waals surface area (Å²) in [4.78, 5) is 25.2. The lowest BCUT2D eigenvalue weighted by Crippen LogP contribution is -2.19. The van der Waals surface area contributed by atoms with Crippen LogP contribution in [-0.4, -0.2) is 11.8 Å². The van der Waals surface area contributed by atoms with Gasteiger partial charge in [-0.2, -0.15) is 0 Å². The van der Waals surface area contributed by atoms with Crippen molar-refractivity contribution in [1.82, 2.24) is 0 Å². The Labute approximate surface area is 132 Å². The van der Waals surface area contributed by atoms with Gasteiger partial charge >= 0.3 is 0 Å². The number of hydrogen-bond acceptors (Lipinski definition) is 4. The average Bonchev–Trinajstić information content (AvgIpc) is 3.01. The number of rotatable bonds is 3. The summed E-state index contributed by atoms with van der Waals surface area (Å²) in [6.07, 6.45) is 2.80. The first-order valence-corrected chi connectivity index (χ1v) is 8.09. The SMILES string of the molecule is Cc1ccc(C(=O)Nc2sc3c(c2C(N)=O)CC[C@@H](C)C3)o1. The van der Waals surface area contributed by atoms with Crippen LogP contribution in [0.2, 0.25) is 0 Å². The second kappa shape index (κ2) is 5.61. The van der Waals surface area contributed by atoms with E-state index in [9.17, 15) is 9.59 Å². The molecule has 6 heteroatoms. The summed E-state index contributed by atoms with van der Waals surface area (Å²) in [5.41, 5.74) is 6.99. The zero-order valence-corrected chi connectivity index (χ0v) is 13.4. The number of carbonyl (C=O) groups is 2. The van der Waals surface area contributed by atoms with Crippen molar-refractivity contribution < 1.29 is 14.0 Å². The van der Waals surface area contributed by atoms with Crippen LogP contribution in [0.25, 0.3) is 0 Å². The molecule has 116 valence electrons.